The van der Waals surface area contributed by atoms with Gasteiger partial charge in [0.25, 0.3) is 0 Å². The zero-order valence-electron chi connectivity index (χ0n) is 11.3. The molecule has 6 heteroatoms. The second-order valence-electron chi connectivity index (χ2n) is 5.69. The van der Waals surface area contributed by atoms with Crippen molar-refractivity contribution in [2.45, 2.75) is 39.3 Å². The van der Waals surface area contributed by atoms with Gasteiger partial charge in [-0.3, -0.25) is 4.68 Å². The number of rotatable bonds is 1. The summed E-state index contributed by atoms with van der Waals surface area (Å²) in [6, 6.07) is 0.202. The van der Waals surface area contributed by atoms with Crippen LogP contribution in [0.25, 0.3) is 0 Å². The van der Waals surface area contributed by atoms with E-state index in [2.05, 4.69) is 5.10 Å². The van der Waals surface area contributed by atoms with E-state index < -0.39 is 5.60 Å². The third-order valence-corrected chi connectivity index (χ3v) is 2.84. The highest BCUT2D eigenvalue weighted by atomic mass is 16.6. The molecule has 2 N–H and O–H groups in total. The van der Waals surface area contributed by atoms with Gasteiger partial charge in [0.05, 0.1) is 17.4 Å². The summed E-state index contributed by atoms with van der Waals surface area (Å²) in [5.41, 5.74) is 6.81. The molecule has 0 aromatic carbocycles. The van der Waals surface area contributed by atoms with Crippen molar-refractivity contribution in [2.75, 3.05) is 18.8 Å². The van der Waals surface area contributed by atoms with E-state index in [0.717, 1.165) is 5.69 Å². The molecule has 0 radical (unpaired) electrons. The molecule has 1 saturated heterocycles. The van der Waals surface area contributed by atoms with Crippen molar-refractivity contribution in [3.8, 4) is 0 Å². The predicted molar refractivity (Wildman–Crippen MR) is 68.2 cm³/mol. The van der Waals surface area contributed by atoms with Crippen LogP contribution in [0.5, 0.6) is 0 Å². The average Bonchev–Trinajstić information content (AvgIpc) is 2.40. The monoisotopic (exact) mass is 252 g/mol. The minimum absolute atomic E-state index is 0.202. The van der Waals surface area contributed by atoms with Gasteiger partial charge < -0.3 is 15.4 Å². The van der Waals surface area contributed by atoms with Gasteiger partial charge in [-0.1, -0.05) is 0 Å². The normalized spacial score (nSPS) is 16.6. The molecule has 1 aliphatic rings. The van der Waals surface area contributed by atoms with Crippen LogP contribution in [0.1, 0.15) is 32.5 Å². The summed E-state index contributed by atoms with van der Waals surface area (Å²) in [6.07, 6.45) is 1.54. The molecule has 1 aromatic rings. The van der Waals surface area contributed by atoms with Gasteiger partial charge in [-0.25, -0.2) is 4.79 Å². The largest absolute Gasteiger partial charge is 0.444 e. The third-order valence-electron chi connectivity index (χ3n) is 2.84. The number of carbonyl (C=O) groups is 1. The molecule has 1 fully saturated rings. The molecule has 1 amide bonds. The fourth-order valence-electron chi connectivity index (χ4n) is 1.78. The van der Waals surface area contributed by atoms with Crippen LogP contribution < -0.4 is 5.73 Å². The van der Waals surface area contributed by atoms with E-state index in [1.165, 1.54) is 0 Å². The highest BCUT2D eigenvalue weighted by Gasteiger charge is 2.35. The van der Waals surface area contributed by atoms with Gasteiger partial charge in [0.15, 0.2) is 0 Å². The van der Waals surface area contributed by atoms with Crippen LogP contribution in [0.15, 0.2) is 6.20 Å². The number of anilines is 1. The molecule has 0 aliphatic carbocycles. The summed E-state index contributed by atoms with van der Waals surface area (Å²) in [6.45, 7) is 8.69. The highest BCUT2D eigenvalue weighted by molar-refractivity contribution is 5.69. The molecule has 0 spiro atoms. The Morgan fingerprint density at radius 2 is 2.11 bits per heavy atom. The van der Waals surface area contributed by atoms with Gasteiger partial charge in [-0.2, -0.15) is 5.10 Å². The lowest BCUT2D eigenvalue weighted by atomic mass is 10.1. The second kappa shape index (κ2) is 4.19. The summed E-state index contributed by atoms with van der Waals surface area (Å²) in [5.74, 6) is 0. The van der Waals surface area contributed by atoms with E-state index in [0.29, 0.717) is 18.8 Å². The van der Waals surface area contributed by atoms with Crippen LogP contribution >= 0.6 is 0 Å². The number of nitrogens with two attached hydrogens (primary N) is 1. The maximum Gasteiger partial charge on any atom is 0.410 e. The van der Waals surface area contributed by atoms with E-state index in [1.54, 1.807) is 4.90 Å². The van der Waals surface area contributed by atoms with Crippen molar-refractivity contribution >= 4 is 11.8 Å². The Labute approximate surface area is 107 Å². The molecule has 100 valence electrons. The van der Waals surface area contributed by atoms with Crippen LogP contribution in [0.2, 0.25) is 0 Å². The molecular weight excluding hydrogens is 232 g/mol. The number of carbonyl (C=O) groups excluding carboxylic acids is 1. The van der Waals surface area contributed by atoms with Gasteiger partial charge in [0.1, 0.15) is 5.60 Å². The maximum atomic E-state index is 11.7. The smallest absolute Gasteiger partial charge is 0.410 e. The van der Waals surface area contributed by atoms with Gasteiger partial charge in [0.2, 0.25) is 0 Å². The Balaban J connectivity index is 1.89. The number of aryl methyl sites for hydroxylation is 1. The first-order chi connectivity index (χ1) is 8.26. The Hall–Kier alpha value is -1.72. The lowest BCUT2D eigenvalue weighted by Crippen LogP contribution is -2.52. The van der Waals surface area contributed by atoms with Crippen molar-refractivity contribution in [1.29, 1.82) is 0 Å². The van der Waals surface area contributed by atoms with Gasteiger partial charge in [-0.15, -0.1) is 0 Å². The summed E-state index contributed by atoms with van der Waals surface area (Å²) in [5, 5.41) is 4.31. The standard InChI is InChI=1S/C12H20N4O2/c1-8-10(13)7-16(14-8)9-5-15(6-9)11(17)18-12(2,3)4/h7,9H,5-6,13H2,1-4H3. The van der Waals surface area contributed by atoms with Crippen LogP contribution in [0.4, 0.5) is 10.5 Å². The topological polar surface area (TPSA) is 73.4 Å². The zero-order chi connectivity index (χ0) is 13.5. The Morgan fingerprint density at radius 3 is 2.56 bits per heavy atom. The number of nitrogens with zero attached hydrogens (tertiary/aromatic N) is 3. The number of hydrogen-bond acceptors (Lipinski definition) is 4. The van der Waals surface area contributed by atoms with E-state index >= 15 is 0 Å². The van der Waals surface area contributed by atoms with Crippen LogP contribution in [-0.2, 0) is 4.74 Å². The zero-order valence-corrected chi connectivity index (χ0v) is 11.3. The van der Waals surface area contributed by atoms with E-state index in [1.807, 2.05) is 38.6 Å². The number of amides is 1. The molecule has 0 unspecified atom stereocenters. The fraction of sp³-hybridized carbons (Fsp3) is 0.667. The van der Waals surface area contributed by atoms with Crippen LogP contribution in [0, 0.1) is 6.92 Å². The van der Waals surface area contributed by atoms with Gasteiger partial charge in [-0.05, 0) is 27.7 Å². The SMILES string of the molecule is Cc1nn(C2CN(C(=O)OC(C)(C)C)C2)cc1N. The van der Waals surface area contributed by atoms with E-state index in [-0.39, 0.29) is 12.1 Å². The lowest BCUT2D eigenvalue weighted by molar-refractivity contribution is -0.000399. The van der Waals surface area contributed by atoms with Crippen molar-refractivity contribution in [1.82, 2.24) is 14.7 Å². The molecule has 1 aliphatic heterocycles. The summed E-state index contributed by atoms with van der Waals surface area (Å²) in [7, 11) is 0. The van der Waals surface area contributed by atoms with E-state index in [9.17, 15) is 4.79 Å². The summed E-state index contributed by atoms with van der Waals surface area (Å²) in [4.78, 5) is 13.4. The predicted octanol–water partition coefficient (Wildman–Crippen LogP) is 1.57. The van der Waals surface area contributed by atoms with Crippen molar-refractivity contribution in [3.05, 3.63) is 11.9 Å². The molecule has 2 heterocycles. The minimum atomic E-state index is -0.450. The molecule has 0 bridgehead atoms. The average molecular weight is 252 g/mol. The molecule has 0 atom stereocenters. The highest BCUT2D eigenvalue weighted by Crippen LogP contribution is 2.24. The molecule has 18 heavy (non-hydrogen) atoms. The second-order valence-corrected chi connectivity index (χ2v) is 5.69. The lowest BCUT2D eigenvalue weighted by Gasteiger charge is -2.39. The first-order valence-electron chi connectivity index (χ1n) is 6.05. The molecule has 6 nitrogen and oxygen atoms in total. The Morgan fingerprint density at radius 1 is 1.50 bits per heavy atom. The number of nitrogen functional groups attached to an aromatic ring is 1. The minimum Gasteiger partial charge on any atom is -0.444 e. The van der Waals surface area contributed by atoms with Crippen LogP contribution in [0.3, 0.4) is 0 Å². The summed E-state index contributed by atoms with van der Waals surface area (Å²) < 4.78 is 7.11. The van der Waals surface area contributed by atoms with Gasteiger partial charge in [0, 0.05) is 19.3 Å². The summed E-state index contributed by atoms with van der Waals surface area (Å²) >= 11 is 0. The van der Waals surface area contributed by atoms with Crippen molar-refractivity contribution in [2.24, 2.45) is 0 Å². The van der Waals surface area contributed by atoms with Crippen LogP contribution in [-0.4, -0.2) is 39.5 Å². The number of likely N-dealkylation sites (tertiary alicyclic amines) is 1. The number of hydrogen-bond donors (Lipinski definition) is 1. The van der Waals surface area contributed by atoms with Crippen molar-refractivity contribution < 1.29 is 9.53 Å². The van der Waals surface area contributed by atoms with Crippen molar-refractivity contribution in [3.63, 3.8) is 0 Å². The first kappa shape index (κ1) is 12.7. The Bertz CT molecular complexity index is 436. The number of ether oxygens (including phenoxy) is 1. The Kier molecular flexibility index (Phi) is 2.96. The maximum absolute atomic E-state index is 11.7. The first-order valence-corrected chi connectivity index (χ1v) is 6.05. The quantitative estimate of drug-likeness (QED) is 0.823. The third kappa shape index (κ3) is 2.57. The van der Waals surface area contributed by atoms with E-state index in [4.69, 9.17) is 10.5 Å². The molecule has 2 rings (SSSR count). The molecule has 1 aromatic heterocycles. The molecular formula is C12H20N4O2. The molecule has 0 saturated carbocycles. The van der Waals surface area contributed by atoms with Gasteiger partial charge >= 0.3 is 6.09 Å². The fourth-order valence-corrected chi connectivity index (χ4v) is 1.78. The number of aromatic nitrogens is 2.